The van der Waals surface area contributed by atoms with Crippen molar-refractivity contribution in [2.24, 2.45) is 0 Å². The van der Waals surface area contributed by atoms with E-state index in [9.17, 15) is 5.26 Å². The maximum absolute atomic E-state index is 9.25. The second-order valence-electron chi connectivity index (χ2n) is 4.39. The van der Waals surface area contributed by atoms with Gasteiger partial charge in [0.2, 0.25) is 0 Å². The van der Waals surface area contributed by atoms with Crippen LogP contribution in [0.2, 0.25) is 0 Å². The van der Waals surface area contributed by atoms with Gasteiger partial charge in [-0.2, -0.15) is 5.26 Å². The molecule has 0 radical (unpaired) electrons. The minimum absolute atomic E-state index is 0.237. The van der Waals surface area contributed by atoms with Crippen molar-refractivity contribution in [3.05, 3.63) is 41.1 Å². The van der Waals surface area contributed by atoms with Crippen LogP contribution in [0.1, 0.15) is 16.7 Å². The molecule has 96 valence electrons. The molecule has 0 saturated heterocycles. The van der Waals surface area contributed by atoms with Gasteiger partial charge in [0, 0.05) is 17.3 Å². The summed E-state index contributed by atoms with van der Waals surface area (Å²) in [4.78, 5) is 3.95. The third-order valence-corrected chi connectivity index (χ3v) is 3.01. The van der Waals surface area contributed by atoms with Crippen molar-refractivity contribution >= 4 is 5.82 Å². The van der Waals surface area contributed by atoms with E-state index in [0.29, 0.717) is 5.56 Å². The van der Waals surface area contributed by atoms with Crippen molar-refractivity contribution in [3.8, 4) is 22.9 Å². The normalized spacial score (nSPS) is 10.0. The van der Waals surface area contributed by atoms with E-state index >= 15 is 0 Å². The highest BCUT2D eigenvalue weighted by molar-refractivity contribution is 5.80. The van der Waals surface area contributed by atoms with Gasteiger partial charge in [0.05, 0.1) is 7.11 Å². The van der Waals surface area contributed by atoms with Crippen LogP contribution in [0.4, 0.5) is 5.82 Å². The molecule has 1 heterocycles. The minimum Gasteiger partial charge on any atom is -0.496 e. The number of rotatable bonds is 2. The first-order chi connectivity index (χ1) is 9.08. The van der Waals surface area contributed by atoms with Crippen molar-refractivity contribution in [3.63, 3.8) is 0 Å². The maximum atomic E-state index is 9.25. The van der Waals surface area contributed by atoms with Gasteiger partial charge in [-0.3, -0.25) is 0 Å². The SMILES string of the molecule is COc1c(C)cc(C)cc1-c1ccnc(N)c1C#N. The summed E-state index contributed by atoms with van der Waals surface area (Å²) in [7, 11) is 1.62. The molecule has 2 aromatic rings. The molecule has 1 aromatic carbocycles. The Bertz CT molecular complexity index is 672. The van der Waals surface area contributed by atoms with Crippen LogP contribution in [-0.4, -0.2) is 12.1 Å². The van der Waals surface area contributed by atoms with Gasteiger partial charge in [0.25, 0.3) is 0 Å². The van der Waals surface area contributed by atoms with E-state index in [1.807, 2.05) is 26.0 Å². The molecule has 0 aliphatic heterocycles. The lowest BCUT2D eigenvalue weighted by atomic mass is 9.96. The molecule has 0 spiro atoms. The summed E-state index contributed by atoms with van der Waals surface area (Å²) in [5.41, 5.74) is 9.89. The summed E-state index contributed by atoms with van der Waals surface area (Å²) < 4.78 is 5.45. The van der Waals surface area contributed by atoms with Gasteiger partial charge < -0.3 is 10.5 Å². The zero-order chi connectivity index (χ0) is 14.0. The molecule has 19 heavy (non-hydrogen) atoms. The van der Waals surface area contributed by atoms with Gasteiger partial charge >= 0.3 is 0 Å². The number of hydrogen-bond donors (Lipinski definition) is 1. The smallest absolute Gasteiger partial charge is 0.141 e. The van der Waals surface area contributed by atoms with Crippen LogP contribution in [0.5, 0.6) is 5.75 Å². The van der Waals surface area contributed by atoms with Gasteiger partial charge in [-0.05, 0) is 37.1 Å². The van der Waals surface area contributed by atoms with E-state index in [1.54, 1.807) is 19.4 Å². The molecular formula is C15H15N3O. The van der Waals surface area contributed by atoms with Crippen LogP contribution in [0, 0.1) is 25.2 Å². The van der Waals surface area contributed by atoms with E-state index in [-0.39, 0.29) is 5.82 Å². The number of anilines is 1. The molecule has 4 nitrogen and oxygen atoms in total. The maximum Gasteiger partial charge on any atom is 0.141 e. The monoisotopic (exact) mass is 253 g/mol. The van der Waals surface area contributed by atoms with Crippen molar-refractivity contribution in [1.29, 1.82) is 5.26 Å². The number of ether oxygens (including phenoxy) is 1. The minimum atomic E-state index is 0.237. The fourth-order valence-electron chi connectivity index (χ4n) is 2.25. The molecule has 0 unspecified atom stereocenters. The first-order valence-electron chi connectivity index (χ1n) is 5.88. The second-order valence-corrected chi connectivity index (χ2v) is 4.39. The van der Waals surface area contributed by atoms with Crippen LogP contribution >= 0.6 is 0 Å². The van der Waals surface area contributed by atoms with Gasteiger partial charge in [0.15, 0.2) is 0 Å². The largest absolute Gasteiger partial charge is 0.496 e. The number of nitrogens with two attached hydrogens (primary N) is 1. The van der Waals surface area contributed by atoms with E-state index in [4.69, 9.17) is 10.5 Å². The Balaban J connectivity index is 2.80. The molecule has 0 fully saturated rings. The van der Waals surface area contributed by atoms with Crippen LogP contribution in [-0.2, 0) is 0 Å². The Morgan fingerprint density at radius 2 is 2.00 bits per heavy atom. The number of methoxy groups -OCH3 is 1. The van der Waals surface area contributed by atoms with Crippen LogP contribution in [0.15, 0.2) is 24.4 Å². The van der Waals surface area contributed by atoms with Crippen molar-refractivity contribution in [1.82, 2.24) is 4.98 Å². The standard InChI is InChI=1S/C15H15N3O/c1-9-6-10(2)14(19-3)12(7-9)11-4-5-18-15(17)13(11)8-16/h4-7H,1-3H3,(H2,17,18). The molecule has 0 aliphatic carbocycles. The summed E-state index contributed by atoms with van der Waals surface area (Å²) in [5.74, 6) is 0.994. The molecule has 1 aromatic heterocycles. The van der Waals surface area contributed by atoms with Gasteiger partial charge in [-0.1, -0.05) is 6.07 Å². The quantitative estimate of drug-likeness (QED) is 0.893. The fourth-order valence-corrected chi connectivity index (χ4v) is 2.25. The highest BCUT2D eigenvalue weighted by Crippen LogP contribution is 2.36. The Kier molecular flexibility index (Phi) is 3.39. The summed E-state index contributed by atoms with van der Waals surface area (Å²) in [6.07, 6.45) is 1.60. The van der Waals surface area contributed by atoms with E-state index in [1.165, 1.54) is 0 Å². The first kappa shape index (κ1) is 12.9. The fraction of sp³-hybridized carbons (Fsp3) is 0.200. The Morgan fingerprint density at radius 1 is 1.26 bits per heavy atom. The number of pyridine rings is 1. The Morgan fingerprint density at radius 3 is 2.63 bits per heavy atom. The number of aromatic nitrogens is 1. The lowest BCUT2D eigenvalue weighted by molar-refractivity contribution is 0.413. The molecular weight excluding hydrogens is 238 g/mol. The van der Waals surface area contributed by atoms with Crippen molar-refractivity contribution in [2.75, 3.05) is 12.8 Å². The van der Waals surface area contributed by atoms with Crippen LogP contribution in [0.25, 0.3) is 11.1 Å². The first-order valence-corrected chi connectivity index (χ1v) is 5.88. The Hall–Kier alpha value is -2.54. The Labute approximate surface area is 112 Å². The highest BCUT2D eigenvalue weighted by Gasteiger charge is 2.15. The topological polar surface area (TPSA) is 71.9 Å². The third-order valence-electron chi connectivity index (χ3n) is 3.01. The molecule has 2 N–H and O–H groups in total. The number of aryl methyl sites for hydroxylation is 2. The lowest BCUT2D eigenvalue weighted by Gasteiger charge is -2.14. The number of nitrogen functional groups attached to an aromatic ring is 1. The summed E-state index contributed by atoms with van der Waals surface area (Å²) in [5, 5.41) is 9.25. The number of nitrogens with zero attached hydrogens (tertiary/aromatic N) is 2. The predicted octanol–water partition coefficient (Wildman–Crippen LogP) is 2.83. The summed E-state index contributed by atoms with van der Waals surface area (Å²) >= 11 is 0. The number of hydrogen-bond acceptors (Lipinski definition) is 4. The van der Waals surface area contributed by atoms with E-state index in [2.05, 4.69) is 11.1 Å². The third kappa shape index (κ3) is 2.23. The second kappa shape index (κ2) is 4.99. The number of nitriles is 1. The summed E-state index contributed by atoms with van der Waals surface area (Å²) in [6.45, 7) is 3.98. The molecule has 0 aliphatic rings. The molecule has 0 amide bonds. The van der Waals surface area contributed by atoms with Crippen molar-refractivity contribution in [2.45, 2.75) is 13.8 Å². The van der Waals surface area contributed by atoms with E-state index in [0.717, 1.165) is 28.0 Å². The van der Waals surface area contributed by atoms with Crippen LogP contribution in [0.3, 0.4) is 0 Å². The predicted molar refractivity (Wildman–Crippen MR) is 74.8 cm³/mol. The van der Waals surface area contributed by atoms with E-state index < -0.39 is 0 Å². The average molecular weight is 253 g/mol. The average Bonchev–Trinajstić information content (AvgIpc) is 2.37. The zero-order valence-electron chi connectivity index (χ0n) is 11.2. The van der Waals surface area contributed by atoms with Gasteiger partial charge in [0.1, 0.15) is 23.2 Å². The van der Waals surface area contributed by atoms with Crippen LogP contribution < -0.4 is 10.5 Å². The van der Waals surface area contributed by atoms with Gasteiger partial charge in [-0.25, -0.2) is 4.98 Å². The van der Waals surface area contributed by atoms with Crippen molar-refractivity contribution < 1.29 is 4.74 Å². The summed E-state index contributed by atoms with van der Waals surface area (Å²) in [6, 6.07) is 7.92. The van der Waals surface area contributed by atoms with Gasteiger partial charge in [-0.15, -0.1) is 0 Å². The highest BCUT2D eigenvalue weighted by atomic mass is 16.5. The molecule has 0 bridgehead atoms. The number of benzene rings is 1. The molecule has 2 rings (SSSR count). The zero-order valence-corrected chi connectivity index (χ0v) is 11.2. The molecule has 0 atom stereocenters. The molecule has 4 heteroatoms. The molecule has 0 saturated carbocycles. The lowest BCUT2D eigenvalue weighted by Crippen LogP contribution is -1.99.